The van der Waals surface area contributed by atoms with Gasteiger partial charge in [-0.25, -0.2) is 4.39 Å². The third kappa shape index (κ3) is 3.19. The fourth-order valence-electron chi connectivity index (χ4n) is 3.69. The number of halogens is 1. The minimum Gasteiger partial charge on any atom is -0.381 e. The largest absolute Gasteiger partial charge is 0.381 e. The molecule has 1 atom stereocenters. The molecule has 1 N–H and O–H groups in total. The molecule has 1 fully saturated rings. The van der Waals surface area contributed by atoms with Crippen molar-refractivity contribution in [3.8, 4) is 0 Å². The van der Waals surface area contributed by atoms with Crippen molar-refractivity contribution >= 4 is 11.6 Å². The number of nitrogens with zero attached hydrogens (tertiary/aromatic N) is 3. The Morgan fingerprint density at radius 1 is 1.19 bits per heavy atom. The van der Waals surface area contributed by atoms with Gasteiger partial charge in [0.05, 0.1) is 11.5 Å². The Bertz CT molecular complexity index is 948. The van der Waals surface area contributed by atoms with Crippen LogP contribution in [0.2, 0.25) is 0 Å². The van der Waals surface area contributed by atoms with Crippen LogP contribution in [0.1, 0.15) is 37.2 Å². The van der Waals surface area contributed by atoms with E-state index in [-0.39, 0.29) is 17.8 Å². The lowest BCUT2D eigenvalue weighted by Crippen LogP contribution is -2.48. The molecule has 140 valence electrons. The number of hydrogen-bond acceptors (Lipinski definition) is 4. The van der Waals surface area contributed by atoms with Crippen molar-refractivity contribution in [3.05, 3.63) is 65.9 Å². The molecule has 1 amide bonds. The summed E-state index contributed by atoms with van der Waals surface area (Å²) < 4.78 is 20.7. The molecule has 27 heavy (non-hydrogen) atoms. The lowest BCUT2D eigenvalue weighted by molar-refractivity contribution is -0.131. The summed E-state index contributed by atoms with van der Waals surface area (Å²) in [5.41, 5.74) is 0.802. The molecule has 2 aromatic heterocycles. The number of nitrogens with one attached hydrogen (secondary N) is 1. The Kier molecular flexibility index (Phi) is 4.61. The predicted octanol–water partition coefficient (Wildman–Crippen LogP) is 2.79. The van der Waals surface area contributed by atoms with E-state index in [2.05, 4.69) is 15.5 Å². The summed E-state index contributed by atoms with van der Waals surface area (Å²) in [6, 6.07) is 11.5. The molecule has 0 saturated carbocycles. The van der Waals surface area contributed by atoms with E-state index in [0.717, 1.165) is 11.2 Å². The SMILES string of the molecule is CC(NC(=O)C1(c2ccc(F)cc2)CCOCC1)c1nnc2ccccn12. The molecule has 1 aliphatic heterocycles. The van der Waals surface area contributed by atoms with Crippen LogP contribution < -0.4 is 5.32 Å². The maximum Gasteiger partial charge on any atom is 0.231 e. The molecule has 1 saturated heterocycles. The van der Waals surface area contributed by atoms with Gasteiger partial charge in [0.1, 0.15) is 5.82 Å². The lowest BCUT2D eigenvalue weighted by Gasteiger charge is -2.37. The number of hydrogen-bond donors (Lipinski definition) is 1. The average Bonchev–Trinajstić information content (AvgIpc) is 3.13. The summed E-state index contributed by atoms with van der Waals surface area (Å²) in [5.74, 6) is 0.252. The third-order valence-electron chi connectivity index (χ3n) is 5.25. The van der Waals surface area contributed by atoms with Gasteiger partial charge in [-0.2, -0.15) is 0 Å². The zero-order valence-corrected chi connectivity index (χ0v) is 15.1. The highest BCUT2D eigenvalue weighted by molar-refractivity contribution is 5.88. The molecule has 3 heterocycles. The molecule has 1 unspecified atom stereocenters. The number of rotatable bonds is 4. The van der Waals surface area contributed by atoms with Gasteiger partial charge in [0.2, 0.25) is 5.91 Å². The number of ether oxygens (including phenoxy) is 1. The van der Waals surface area contributed by atoms with Gasteiger partial charge >= 0.3 is 0 Å². The monoisotopic (exact) mass is 368 g/mol. The number of fused-ring (bicyclic) bond motifs is 1. The molecule has 0 spiro atoms. The molecule has 1 aliphatic rings. The van der Waals surface area contributed by atoms with Gasteiger partial charge in [-0.15, -0.1) is 10.2 Å². The standard InChI is InChI=1S/C20H21FN4O2/c1-14(18-24-23-17-4-2-3-11-25(17)18)22-19(26)20(9-12-27-13-10-20)15-5-7-16(21)8-6-15/h2-8,11,14H,9-10,12-13H2,1H3,(H,22,26). The van der Waals surface area contributed by atoms with Crippen LogP contribution in [0.15, 0.2) is 48.7 Å². The molecule has 0 radical (unpaired) electrons. The number of aromatic nitrogens is 3. The molecule has 0 aliphatic carbocycles. The summed E-state index contributed by atoms with van der Waals surface area (Å²) in [6.07, 6.45) is 2.98. The summed E-state index contributed by atoms with van der Waals surface area (Å²) in [4.78, 5) is 13.3. The van der Waals surface area contributed by atoms with E-state index in [1.54, 1.807) is 12.1 Å². The van der Waals surface area contributed by atoms with Crippen molar-refractivity contribution in [1.82, 2.24) is 19.9 Å². The van der Waals surface area contributed by atoms with Crippen LogP contribution in [0.4, 0.5) is 4.39 Å². The molecule has 1 aromatic carbocycles. The highest BCUT2D eigenvalue weighted by Crippen LogP contribution is 2.36. The van der Waals surface area contributed by atoms with Crippen LogP contribution in [0.25, 0.3) is 5.65 Å². The van der Waals surface area contributed by atoms with Crippen LogP contribution in [0, 0.1) is 5.82 Å². The van der Waals surface area contributed by atoms with E-state index in [4.69, 9.17) is 4.74 Å². The number of carbonyl (C=O) groups is 1. The van der Waals surface area contributed by atoms with Gasteiger partial charge in [-0.1, -0.05) is 18.2 Å². The summed E-state index contributed by atoms with van der Waals surface area (Å²) in [5, 5.41) is 11.5. The van der Waals surface area contributed by atoms with E-state index in [1.165, 1.54) is 12.1 Å². The fraction of sp³-hybridized carbons (Fsp3) is 0.350. The molecular formula is C20H21FN4O2. The summed E-state index contributed by atoms with van der Waals surface area (Å²) >= 11 is 0. The van der Waals surface area contributed by atoms with Crippen molar-refractivity contribution in [1.29, 1.82) is 0 Å². The molecule has 3 aromatic rings. The highest BCUT2D eigenvalue weighted by atomic mass is 19.1. The smallest absolute Gasteiger partial charge is 0.231 e. The van der Waals surface area contributed by atoms with Crippen molar-refractivity contribution in [2.75, 3.05) is 13.2 Å². The second-order valence-corrected chi connectivity index (χ2v) is 6.88. The maximum absolute atomic E-state index is 13.4. The minimum atomic E-state index is -0.735. The Morgan fingerprint density at radius 3 is 2.67 bits per heavy atom. The second kappa shape index (κ2) is 7.08. The number of carbonyl (C=O) groups excluding carboxylic acids is 1. The first-order chi connectivity index (χ1) is 13.1. The maximum atomic E-state index is 13.4. The van der Waals surface area contributed by atoms with Crippen molar-refractivity contribution in [3.63, 3.8) is 0 Å². The van der Waals surface area contributed by atoms with Gasteiger partial charge in [-0.05, 0) is 49.6 Å². The van der Waals surface area contributed by atoms with E-state index in [9.17, 15) is 9.18 Å². The predicted molar refractivity (Wildman–Crippen MR) is 97.7 cm³/mol. The van der Waals surface area contributed by atoms with Crippen molar-refractivity contribution in [2.24, 2.45) is 0 Å². The van der Waals surface area contributed by atoms with Gasteiger partial charge in [0.25, 0.3) is 0 Å². The molecule has 6 nitrogen and oxygen atoms in total. The molecular weight excluding hydrogens is 347 g/mol. The van der Waals surface area contributed by atoms with Crippen LogP contribution in [0.3, 0.4) is 0 Å². The quantitative estimate of drug-likeness (QED) is 0.769. The topological polar surface area (TPSA) is 68.5 Å². The summed E-state index contributed by atoms with van der Waals surface area (Å²) in [6.45, 7) is 2.87. The first-order valence-electron chi connectivity index (χ1n) is 9.04. The van der Waals surface area contributed by atoms with Crippen molar-refractivity contribution < 1.29 is 13.9 Å². The Balaban J connectivity index is 1.63. The Morgan fingerprint density at radius 2 is 1.93 bits per heavy atom. The van der Waals surface area contributed by atoms with Gasteiger partial charge in [-0.3, -0.25) is 9.20 Å². The van der Waals surface area contributed by atoms with E-state index >= 15 is 0 Å². The van der Waals surface area contributed by atoms with E-state index in [1.807, 2.05) is 35.7 Å². The fourth-order valence-corrected chi connectivity index (χ4v) is 3.69. The van der Waals surface area contributed by atoms with Crippen molar-refractivity contribution in [2.45, 2.75) is 31.2 Å². The molecule has 7 heteroatoms. The van der Waals surface area contributed by atoms with Crippen LogP contribution >= 0.6 is 0 Å². The third-order valence-corrected chi connectivity index (χ3v) is 5.25. The molecule has 0 bridgehead atoms. The first kappa shape index (κ1) is 17.6. The number of benzene rings is 1. The van der Waals surface area contributed by atoms with Gasteiger partial charge < -0.3 is 10.1 Å². The zero-order chi connectivity index (χ0) is 18.9. The van der Waals surface area contributed by atoms with Crippen LogP contribution in [-0.4, -0.2) is 33.7 Å². The van der Waals surface area contributed by atoms with Gasteiger partial charge in [0.15, 0.2) is 11.5 Å². The normalized spacial score (nSPS) is 17.6. The van der Waals surface area contributed by atoms with Crippen LogP contribution in [-0.2, 0) is 14.9 Å². The highest BCUT2D eigenvalue weighted by Gasteiger charge is 2.42. The van der Waals surface area contributed by atoms with E-state index < -0.39 is 5.41 Å². The first-order valence-corrected chi connectivity index (χ1v) is 9.04. The molecule has 4 rings (SSSR count). The second-order valence-electron chi connectivity index (χ2n) is 6.88. The van der Waals surface area contributed by atoms with Crippen LogP contribution in [0.5, 0.6) is 0 Å². The zero-order valence-electron chi connectivity index (χ0n) is 15.1. The van der Waals surface area contributed by atoms with E-state index in [0.29, 0.717) is 31.9 Å². The lowest BCUT2D eigenvalue weighted by atomic mass is 9.73. The number of pyridine rings is 1. The summed E-state index contributed by atoms with van der Waals surface area (Å²) in [7, 11) is 0. The number of amides is 1. The Labute approximate surface area is 156 Å². The van der Waals surface area contributed by atoms with Gasteiger partial charge in [0, 0.05) is 19.4 Å². The minimum absolute atomic E-state index is 0.0995. The average molecular weight is 368 g/mol. The Hall–Kier alpha value is -2.80.